The van der Waals surface area contributed by atoms with Gasteiger partial charge in [-0.05, 0) is 18.2 Å². The molecule has 0 saturated carbocycles. The minimum atomic E-state index is -1.05. The second-order valence-corrected chi connectivity index (χ2v) is 3.54. The third kappa shape index (κ3) is 5.44. The fourth-order valence-electron chi connectivity index (χ4n) is 1.18. The quantitative estimate of drug-likeness (QED) is 0.664. The molecule has 19 heavy (non-hydrogen) atoms. The smallest absolute Gasteiger partial charge is 0.303 e. The van der Waals surface area contributed by atoms with E-state index >= 15 is 0 Å². The van der Waals surface area contributed by atoms with Crippen LogP contribution in [-0.4, -0.2) is 27.9 Å². The van der Waals surface area contributed by atoms with Gasteiger partial charge in [0.1, 0.15) is 11.6 Å². The molecule has 0 atom stereocenters. The zero-order valence-electron chi connectivity index (χ0n) is 10.0. The van der Waals surface area contributed by atoms with E-state index < -0.39 is 17.8 Å². The minimum Gasteiger partial charge on any atom is -0.481 e. The summed E-state index contributed by atoms with van der Waals surface area (Å²) in [4.78, 5) is 36.7. The second-order valence-electron chi connectivity index (χ2n) is 3.54. The number of aliphatic carboxylic acids is 1. The van der Waals surface area contributed by atoms with Gasteiger partial charge in [-0.2, -0.15) is 0 Å². The van der Waals surface area contributed by atoms with Crippen molar-refractivity contribution in [1.29, 1.82) is 0 Å². The van der Waals surface area contributed by atoms with Gasteiger partial charge < -0.3 is 15.7 Å². The van der Waals surface area contributed by atoms with Crippen LogP contribution >= 0.6 is 0 Å². The van der Waals surface area contributed by atoms with Crippen LogP contribution in [0.2, 0.25) is 0 Å². The summed E-state index contributed by atoms with van der Waals surface area (Å²) in [7, 11) is 0. The Morgan fingerprint density at radius 1 is 1.21 bits per heavy atom. The van der Waals surface area contributed by atoms with E-state index in [9.17, 15) is 14.4 Å². The largest absolute Gasteiger partial charge is 0.481 e. The Kier molecular flexibility index (Phi) is 5.21. The molecule has 0 bridgehead atoms. The Morgan fingerprint density at radius 3 is 2.42 bits per heavy atom. The Bertz CT molecular complexity index is 513. The summed E-state index contributed by atoms with van der Waals surface area (Å²) in [5, 5.41) is 13.3. The normalized spacial score (nSPS) is 9.47. The number of nitrogens with one attached hydrogen (secondary N) is 2. The third-order valence-electron chi connectivity index (χ3n) is 2.02. The molecule has 0 unspecified atom stereocenters. The summed E-state index contributed by atoms with van der Waals surface area (Å²) < 4.78 is 0. The van der Waals surface area contributed by atoms with Crippen LogP contribution in [0.5, 0.6) is 0 Å². The van der Waals surface area contributed by atoms with E-state index in [1.54, 1.807) is 12.1 Å². The number of carboxylic acid groups (broad SMARTS) is 1. The fourth-order valence-corrected chi connectivity index (χ4v) is 1.18. The standard InChI is InChI=1S/C12H13N3O4/c1-2-10(16)14-8-4-3-5-9(13-8)15-11(17)6-7-12(18)19/h2-5H,1,6-7H2,(H,18,19)(H2,13,14,15,16,17). The van der Waals surface area contributed by atoms with E-state index in [0.29, 0.717) is 0 Å². The van der Waals surface area contributed by atoms with E-state index in [1.165, 1.54) is 6.07 Å². The van der Waals surface area contributed by atoms with Gasteiger partial charge in [0.2, 0.25) is 11.8 Å². The predicted octanol–water partition coefficient (Wildman–Crippen LogP) is 1.01. The van der Waals surface area contributed by atoms with Gasteiger partial charge in [0.05, 0.1) is 6.42 Å². The van der Waals surface area contributed by atoms with Crippen LogP contribution < -0.4 is 10.6 Å². The van der Waals surface area contributed by atoms with Crippen molar-refractivity contribution in [2.45, 2.75) is 12.8 Å². The van der Waals surface area contributed by atoms with Gasteiger partial charge in [-0.3, -0.25) is 14.4 Å². The van der Waals surface area contributed by atoms with Gasteiger partial charge in [0.15, 0.2) is 0 Å². The van der Waals surface area contributed by atoms with Crippen LogP contribution in [0.25, 0.3) is 0 Å². The lowest BCUT2D eigenvalue weighted by Crippen LogP contribution is -2.15. The van der Waals surface area contributed by atoms with Crippen molar-refractivity contribution in [1.82, 2.24) is 4.98 Å². The summed E-state index contributed by atoms with van der Waals surface area (Å²) in [6, 6.07) is 4.68. The average molecular weight is 263 g/mol. The number of aromatic nitrogens is 1. The molecule has 0 fully saturated rings. The van der Waals surface area contributed by atoms with Gasteiger partial charge in [-0.15, -0.1) is 0 Å². The molecular formula is C12H13N3O4. The van der Waals surface area contributed by atoms with Crippen LogP contribution in [0.3, 0.4) is 0 Å². The van der Waals surface area contributed by atoms with Crippen molar-refractivity contribution < 1.29 is 19.5 Å². The molecule has 0 aromatic carbocycles. The topological polar surface area (TPSA) is 108 Å². The molecule has 2 amide bonds. The first kappa shape index (κ1) is 14.4. The molecule has 0 radical (unpaired) electrons. The molecule has 0 aliphatic heterocycles. The molecular weight excluding hydrogens is 250 g/mol. The molecule has 0 saturated heterocycles. The van der Waals surface area contributed by atoms with Crippen LogP contribution in [-0.2, 0) is 14.4 Å². The SMILES string of the molecule is C=CC(=O)Nc1cccc(NC(=O)CCC(=O)O)n1. The highest BCUT2D eigenvalue weighted by molar-refractivity contribution is 5.98. The van der Waals surface area contributed by atoms with Crippen LogP contribution in [0.4, 0.5) is 11.6 Å². The van der Waals surface area contributed by atoms with Gasteiger partial charge in [-0.1, -0.05) is 12.6 Å². The molecule has 7 nitrogen and oxygen atoms in total. The first-order valence-electron chi connectivity index (χ1n) is 5.43. The van der Waals surface area contributed by atoms with Crippen LogP contribution in [0.1, 0.15) is 12.8 Å². The van der Waals surface area contributed by atoms with Gasteiger partial charge in [0.25, 0.3) is 0 Å². The Balaban J connectivity index is 2.61. The first-order chi connectivity index (χ1) is 9.01. The monoisotopic (exact) mass is 263 g/mol. The van der Waals surface area contributed by atoms with E-state index in [1.807, 2.05) is 0 Å². The number of carbonyl (C=O) groups excluding carboxylic acids is 2. The lowest BCUT2D eigenvalue weighted by atomic mass is 10.3. The maximum Gasteiger partial charge on any atom is 0.303 e. The Hall–Kier alpha value is -2.70. The summed E-state index contributed by atoms with van der Waals surface area (Å²) in [5.74, 6) is -1.42. The lowest BCUT2D eigenvalue weighted by Gasteiger charge is -2.06. The summed E-state index contributed by atoms with van der Waals surface area (Å²) >= 11 is 0. The lowest BCUT2D eigenvalue weighted by molar-refractivity contribution is -0.138. The van der Waals surface area contributed by atoms with Crippen molar-refractivity contribution in [3.63, 3.8) is 0 Å². The van der Waals surface area contributed by atoms with Crippen LogP contribution in [0, 0.1) is 0 Å². The maximum atomic E-state index is 11.4. The number of pyridine rings is 1. The van der Waals surface area contributed by atoms with E-state index in [0.717, 1.165) is 6.08 Å². The van der Waals surface area contributed by atoms with E-state index in [-0.39, 0.29) is 24.5 Å². The van der Waals surface area contributed by atoms with E-state index in [2.05, 4.69) is 22.2 Å². The number of carboxylic acids is 1. The van der Waals surface area contributed by atoms with Crippen molar-refractivity contribution in [3.8, 4) is 0 Å². The summed E-state index contributed by atoms with van der Waals surface area (Å²) in [6.07, 6.45) is 0.707. The van der Waals surface area contributed by atoms with Crippen LogP contribution in [0.15, 0.2) is 30.9 Å². The second kappa shape index (κ2) is 6.90. The zero-order valence-corrected chi connectivity index (χ0v) is 10.0. The molecule has 1 aromatic heterocycles. The highest BCUT2D eigenvalue weighted by Crippen LogP contribution is 2.09. The average Bonchev–Trinajstić information content (AvgIpc) is 2.36. The molecule has 0 aliphatic carbocycles. The van der Waals surface area contributed by atoms with Crippen molar-refractivity contribution in [2.75, 3.05) is 10.6 Å². The van der Waals surface area contributed by atoms with Gasteiger partial charge >= 0.3 is 5.97 Å². The molecule has 0 spiro atoms. The Morgan fingerprint density at radius 2 is 1.84 bits per heavy atom. The highest BCUT2D eigenvalue weighted by Gasteiger charge is 2.07. The van der Waals surface area contributed by atoms with Crippen molar-refractivity contribution >= 4 is 29.4 Å². The molecule has 1 heterocycles. The van der Waals surface area contributed by atoms with E-state index in [4.69, 9.17) is 5.11 Å². The maximum absolute atomic E-state index is 11.4. The number of anilines is 2. The molecule has 0 aliphatic rings. The molecule has 3 N–H and O–H groups in total. The summed E-state index contributed by atoms with van der Waals surface area (Å²) in [5.41, 5.74) is 0. The van der Waals surface area contributed by atoms with Crippen molar-refractivity contribution in [3.05, 3.63) is 30.9 Å². The third-order valence-corrected chi connectivity index (χ3v) is 2.02. The number of hydrogen-bond donors (Lipinski definition) is 3. The number of rotatable bonds is 6. The summed E-state index contributed by atoms with van der Waals surface area (Å²) in [6.45, 7) is 3.30. The molecule has 7 heteroatoms. The number of hydrogen-bond acceptors (Lipinski definition) is 4. The first-order valence-corrected chi connectivity index (χ1v) is 5.43. The number of amides is 2. The molecule has 100 valence electrons. The molecule has 1 rings (SSSR count). The zero-order chi connectivity index (χ0) is 14.3. The fraction of sp³-hybridized carbons (Fsp3) is 0.167. The van der Waals surface area contributed by atoms with Gasteiger partial charge in [-0.25, -0.2) is 4.98 Å². The number of nitrogens with zero attached hydrogens (tertiary/aromatic N) is 1. The molecule has 1 aromatic rings. The van der Waals surface area contributed by atoms with Gasteiger partial charge in [0, 0.05) is 6.42 Å². The Labute approximate surface area is 109 Å². The minimum absolute atomic E-state index is 0.139. The number of carbonyl (C=O) groups is 3. The highest BCUT2D eigenvalue weighted by atomic mass is 16.4. The van der Waals surface area contributed by atoms with Crippen molar-refractivity contribution in [2.24, 2.45) is 0 Å². The predicted molar refractivity (Wildman–Crippen MR) is 68.6 cm³/mol.